The molecule has 0 aliphatic rings. The highest BCUT2D eigenvalue weighted by molar-refractivity contribution is 6.09. The van der Waals surface area contributed by atoms with E-state index in [0.29, 0.717) is 22.9 Å². The zero-order chi connectivity index (χ0) is 20.4. The van der Waals surface area contributed by atoms with Crippen LogP contribution in [-0.2, 0) is 11.8 Å². The molecule has 0 saturated heterocycles. The lowest BCUT2D eigenvalue weighted by Gasteiger charge is -2.19. The first-order valence-electron chi connectivity index (χ1n) is 8.91. The molecular weight excluding hydrogens is 354 g/mol. The molecule has 3 rings (SSSR count). The number of nitrogens with one attached hydrogen (secondary N) is 1. The molecule has 0 radical (unpaired) electrons. The van der Waals surface area contributed by atoms with E-state index in [1.165, 1.54) is 11.8 Å². The van der Waals surface area contributed by atoms with Gasteiger partial charge in [0.2, 0.25) is 5.91 Å². The first kappa shape index (κ1) is 19.3. The molecule has 1 aromatic carbocycles. The van der Waals surface area contributed by atoms with Crippen molar-refractivity contribution in [3.05, 3.63) is 59.3 Å². The second-order valence-electron chi connectivity index (χ2n) is 6.71. The summed E-state index contributed by atoms with van der Waals surface area (Å²) in [6.45, 7) is 5.29. The van der Waals surface area contributed by atoms with Gasteiger partial charge in [-0.25, -0.2) is 4.98 Å². The normalized spacial score (nSPS) is 10.6. The van der Waals surface area contributed by atoms with Crippen LogP contribution in [0.15, 0.2) is 42.5 Å². The van der Waals surface area contributed by atoms with Crippen LogP contribution in [0, 0.1) is 13.8 Å². The molecule has 0 unspecified atom stereocenters. The largest absolute Gasteiger partial charge is 0.307 e. The molecule has 0 spiro atoms. The van der Waals surface area contributed by atoms with Crippen molar-refractivity contribution in [3.8, 4) is 11.3 Å². The van der Waals surface area contributed by atoms with Gasteiger partial charge in [-0.05, 0) is 31.5 Å². The third-order valence-electron chi connectivity index (χ3n) is 4.57. The number of nitrogens with zero attached hydrogens (tertiary/aromatic N) is 4. The van der Waals surface area contributed by atoms with E-state index in [1.807, 2.05) is 38.1 Å². The van der Waals surface area contributed by atoms with Gasteiger partial charge in [-0.2, -0.15) is 5.10 Å². The minimum Gasteiger partial charge on any atom is -0.307 e. The predicted octanol–water partition coefficient (Wildman–Crippen LogP) is 3.33. The third-order valence-corrected chi connectivity index (χ3v) is 4.57. The van der Waals surface area contributed by atoms with Crippen molar-refractivity contribution in [3.63, 3.8) is 0 Å². The van der Waals surface area contributed by atoms with Crippen LogP contribution < -0.4 is 10.2 Å². The van der Waals surface area contributed by atoms with E-state index in [4.69, 9.17) is 0 Å². The van der Waals surface area contributed by atoms with E-state index in [1.54, 1.807) is 37.0 Å². The molecule has 0 saturated carbocycles. The Morgan fingerprint density at radius 2 is 1.82 bits per heavy atom. The van der Waals surface area contributed by atoms with Crippen LogP contribution in [0.3, 0.4) is 0 Å². The molecular formula is C21H23N5O2. The number of carbonyl (C=O) groups excluding carboxylic acids is 2. The molecule has 0 atom stereocenters. The van der Waals surface area contributed by atoms with E-state index >= 15 is 0 Å². The fourth-order valence-corrected chi connectivity index (χ4v) is 2.95. The molecule has 7 heteroatoms. The fraction of sp³-hybridized carbons (Fsp3) is 0.238. The molecule has 1 N–H and O–H groups in total. The van der Waals surface area contributed by atoms with Crippen molar-refractivity contribution < 1.29 is 9.59 Å². The summed E-state index contributed by atoms with van der Waals surface area (Å²) in [5, 5.41) is 7.06. The maximum atomic E-state index is 12.9. The van der Waals surface area contributed by atoms with Crippen LogP contribution in [0.1, 0.15) is 28.5 Å². The number of hydrogen-bond donors (Lipinski definition) is 1. The Morgan fingerprint density at radius 1 is 1.11 bits per heavy atom. The van der Waals surface area contributed by atoms with Crippen LogP contribution in [0.5, 0.6) is 0 Å². The lowest BCUT2D eigenvalue weighted by molar-refractivity contribution is -0.116. The van der Waals surface area contributed by atoms with Gasteiger partial charge in [0.25, 0.3) is 5.91 Å². The zero-order valence-electron chi connectivity index (χ0n) is 16.6. The SMILES string of the molecule is CC(=O)N(C)c1nc(-c2ccccc2C)ccc1C(=O)Nc1cc(C)nn1C. The number of benzene rings is 1. The van der Waals surface area contributed by atoms with Gasteiger partial charge >= 0.3 is 0 Å². The van der Waals surface area contributed by atoms with E-state index in [-0.39, 0.29) is 11.8 Å². The van der Waals surface area contributed by atoms with Crippen molar-refractivity contribution in [1.29, 1.82) is 0 Å². The average molecular weight is 377 g/mol. The molecule has 28 heavy (non-hydrogen) atoms. The lowest BCUT2D eigenvalue weighted by Crippen LogP contribution is -2.28. The monoisotopic (exact) mass is 377 g/mol. The topological polar surface area (TPSA) is 80.1 Å². The molecule has 3 aromatic rings. The molecule has 2 heterocycles. The molecule has 0 aliphatic heterocycles. The van der Waals surface area contributed by atoms with Crippen molar-refractivity contribution in [2.45, 2.75) is 20.8 Å². The Labute approximate surface area is 164 Å². The van der Waals surface area contributed by atoms with Gasteiger partial charge < -0.3 is 5.32 Å². The van der Waals surface area contributed by atoms with Gasteiger partial charge in [0.15, 0.2) is 0 Å². The van der Waals surface area contributed by atoms with Crippen molar-refractivity contribution >= 4 is 23.5 Å². The number of amides is 2. The smallest absolute Gasteiger partial charge is 0.260 e. The number of anilines is 2. The Bertz CT molecular complexity index is 1050. The summed E-state index contributed by atoms with van der Waals surface area (Å²) in [4.78, 5) is 30.9. The molecule has 7 nitrogen and oxygen atoms in total. The van der Waals surface area contributed by atoms with Gasteiger partial charge in [-0.1, -0.05) is 24.3 Å². The minimum absolute atomic E-state index is 0.208. The highest BCUT2D eigenvalue weighted by Crippen LogP contribution is 2.27. The Hall–Kier alpha value is -3.48. The van der Waals surface area contributed by atoms with Crippen LogP contribution in [-0.4, -0.2) is 33.6 Å². The number of aryl methyl sites for hydroxylation is 3. The average Bonchev–Trinajstić information content (AvgIpc) is 2.97. The van der Waals surface area contributed by atoms with Gasteiger partial charge in [-0.3, -0.25) is 19.2 Å². The first-order chi connectivity index (χ1) is 13.3. The molecule has 0 fully saturated rings. The summed E-state index contributed by atoms with van der Waals surface area (Å²) in [7, 11) is 3.36. The molecule has 0 bridgehead atoms. The van der Waals surface area contributed by atoms with E-state index in [2.05, 4.69) is 15.4 Å². The summed E-state index contributed by atoms with van der Waals surface area (Å²) in [6, 6.07) is 13.1. The van der Waals surface area contributed by atoms with Crippen LogP contribution in [0.4, 0.5) is 11.6 Å². The maximum Gasteiger partial charge on any atom is 0.260 e. The molecule has 2 aromatic heterocycles. The molecule has 2 amide bonds. The third kappa shape index (κ3) is 3.78. The van der Waals surface area contributed by atoms with Crippen LogP contribution in [0.25, 0.3) is 11.3 Å². The minimum atomic E-state index is -0.352. The number of hydrogen-bond acceptors (Lipinski definition) is 4. The Morgan fingerprint density at radius 3 is 2.43 bits per heavy atom. The summed E-state index contributed by atoms with van der Waals surface area (Å²) >= 11 is 0. The highest BCUT2D eigenvalue weighted by atomic mass is 16.2. The summed E-state index contributed by atoms with van der Waals surface area (Å²) in [5.41, 5.74) is 3.83. The van der Waals surface area contributed by atoms with Gasteiger partial charge in [0.1, 0.15) is 11.6 Å². The van der Waals surface area contributed by atoms with Gasteiger partial charge in [0, 0.05) is 32.6 Å². The number of aromatic nitrogens is 3. The van der Waals surface area contributed by atoms with Crippen LogP contribution >= 0.6 is 0 Å². The van der Waals surface area contributed by atoms with Crippen LogP contribution in [0.2, 0.25) is 0 Å². The fourth-order valence-electron chi connectivity index (χ4n) is 2.95. The number of carbonyl (C=O) groups is 2. The van der Waals surface area contributed by atoms with E-state index in [0.717, 1.165) is 16.8 Å². The van der Waals surface area contributed by atoms with Gasteiger partial charge in [-0.15, -0.1) is 0 Å². The standard InChI is InChI=1S/C21H23N5O2/c1-13-8-6-7-9-16(13)18-11-10-17(20(22-18)25(4)15(3)27)21(28)23-19-12-14(2)24-26(19)5/h6-12H,1-5H3,(H,23,28). The lowest BCUT2D eigenvalue weighted by atomic mass is 10.0. The van der Waals surface area contributed by atoms with Crippen molar-refractivity contribution in [1.82, 2.24) is 14.8 Å². The van der Waals surface area contributed by atoms with Crippen molar-refractivity contribution in [2.24, 2.45) is 7.05 Å². The van der Waals surface area contributed by atoms with Gasteiger partial charge in [0.05, 0.1) is 17.0 Å². The number of pyridine rings is 1. The zero-order valence-corrected chi connectivity index (χ0v) is 16.6. The summed E-state index contributed by atoms with van der Waals surface area (Å²) in [5.74, 6) is 0.321. The predicted molar refractivity (Wildman–Crippen MR) is 109 cm³/mol. The van der Waals surface area contributed by atoms with E-state index in [9.17, 15) is 9.59 Å². The molecule has 144 valence electrons. The highest BCUT2D eigenvalue weighted by Gasteiger charge is 2.21. The molecule has 0 aliphatic carbocycles. The first-order valence-corrected chi connectivity index (χ1v) is 8.91. The Balaban J connectivity index is 2.05. The second kappa shape index (κ2) is 7.64. The summed E-state index contributed by atoms with van der Waals surface area (Å²) < 4.78 is 1.59. The quantitative estimate of drug-likeness (QED) is 0.756. The summed E-state index contributed by atoms with van der Waals surface area (Å²) in [6.07, 6.45) is 0. The second-order valence-corrected chi connectivity index (χ2v) is 6.71. The van der Waals surface area contributed by atoms with E-state index < -0.39 is 0 Å². The van der Waals surface area contributed by atoms with Crippen molar-refractivity contribution in [2.75, 3.05) is 17.3 Å². The number of rotatable bonds is 4. The Kier molecular flexibility index (Phi) is 5.26. The maximum absolute atomic E-state index is 12.9.